The number of hydrogen-bond acceptors (Lipinski definition) is 2. The summed E-state index contributed by atoms with van der Waals surface area (Å²) in [5, 5.41) is 0. The zero-order valence-electron chi connectivity index (χ0n) is 13.5. The highest BCUT2D eigenvalue weighted by molar-refractivity contribution is 6.11. The van der Waals surface area contributed by atoms with Crippen LogP contribution in [0, 0.1) is 0 Å². The monoisotopic (exact) mass is 320 g/mol. The Balaban J connectivity index is 1.69. The van der Waals surface area contributed by atoms with Crippen LogP contribution >= 0.6 is 0 Å². The van der Waals surface area contributed by atoms with Crippen molar-refractivity contribution in [1.29, 1.82) is 0 Å². The zero-order valence-corrected chi connectivity index (χ0v) is 13.5. The van der Waals surface area contributed by atoms with E-state index in [2.05, 4.69) is 12.1 Å². The molecule has 2 aliphatic rings. The largest absolute Gasteiger partial charge is 0.327 e. The molecule has 2 aromatic rings. The number of hydrogen-bond donors (Lipinski definition) is 0. The highest BCUT2D eigenvalue weighted by Crippen LogP contribution is 2.32. The van der Waals surface area contributed by atoms with Crippen molar-refractivity contribution in [1.82, 2.24) is 4.90 Å². The molecule has 4 nitrogen and oxygen atoms in total. The van der Waals surface area contributed by atoms with Crippen molar-refractivity contribution < 1.29 is 9.59 Å². The number of anilines is 1. The first-order chi connectivity index (χ1) is 11.8. The Bertz CT molecular complexity index is 772. The Morgan fingerprint density at radius 3 is 2.54 bits per heavy atom. The molecular formula is C20H20N2O2. The molecular weight excluding hydrogens is 300 g/mol. The fourth-order valence-corrected chi connectivity index (χ4v) is 3.73. The maximum atomic E-state index is 13.1. The standard InChI is InChI=1S/C20H20N2O2/c23-19-16-9-4-5-10-17(16)22(14-12-15-7-2-1-3-8-15)20(24)18-11-6-13-21(18)19/h1-5,7-10,18H,6,11-14H2. The van der Waals surface area contributed by atoms with Crippen molar-refractivity contribution in [2.24, 2.45) is 0 Å². The van der Waals surface area contributed by atoms with Crippen molar-refractivity contribution >= 4 is 17.5 Å². The number of nitrogens with zero attached hydrogens (tertiary/aromatic N) is 2. The molecule has 0 saturated carbocycles. The predicted molar refractivity (Wildman–Crippen MR) is 93.0 cm³/mol. The van der Waals surface area contributed by atoms with Crippen LogP contribution in [0.1, 0.15) is 28.8 Å². The molecule has 2 aliphatic heterocycles. The van der Waals surface area contributed by atoms with E-state index in [0.29, 0.717) is 18.7 Å². The molecule has 2 heterocycles. The quantitative estimate of drug-likeness (QED) is 0.872. The number of para-hydroxylation sites is 1. The van der Waals surface area contributed by atoms with Gasteiger partial charge in [0, 0.05) is 13.1 Å². The molecule has 2 aromatic carbocycles. The molecule has 1 saturated heterocycles. The second-order valence-corrected chi connectivity index (χ2v) is 6.40. The summed E-state index contributed by atoms with van der Waals surface area (Å²) in [4.78, 5) is 29.5. The first kappa shape index (κ1) is 14.9. The summed E-state index contributed by atoms with van der Waals surface area (Å²) in [7, 11) is 0. The highest BCUT2D eigenvalue weighted by Gasteiger charge is 2.41. The van der Waals surface area contributed by atoms with Crippen LogP contribution in [0.25, 0.3) is 0 Å². The molecule has 1 atom stereocenters. The van der Waals surface area contributed by atoms with Crippen molar-refractivity contribution in [2.45, 2.75) is 25.3 Å². The van der Waals surface area contributed by atoms with Crippen LogP contribution in [-0.4, -0.2) is 35.8 Å². The van der Waals surface area contributed by atoms with Crippen molar-refractivity contribution in [3.05, 3.63) is 65.7 Å². The first-order valence-corrected chi connectivity index (χ1v) is 8.51. The first-order valence-electron chi connectivity index (χ1n) is 8.51. The summed E-state index contributed by atoms with van der Waals surface area (Å²) in [6, 6.07) is 17.3. The summed E-state index contributed by atoms with van der Waals surface area (Å²) in [5.74, 6) is 0.0467. The molecule has 4 rings (SSSR count). The smallest absolute Gasteiger partial charge is 0.256 e. The van der Waals surface area contributed by atoms with Crippen molar-refractivity contribution in [2.75, 3.05) is 18.0 Å². The van der Waals surface area contributed by atoms with E-state index >= 15 is 0 Å². The Morgan fingerprint density at radius 1 is 0.958 bits per heavy atom. The number of amides is 2. The van der Waals surface area contributed by atoms with E-state index in [-0.39, 0.29) is 17.9 Å². The molecule has 1 unspecified atom stereocenters. The SMILES string of the molecule is O=C1C2CCCN2C(=O)c2ccccc2N1CCc1ccccc1. The second kappa shape index (κ2) is 6.11. The minimum Gasteiger partial charge on any atom is -0.327 e. The van der Waals surface area contributed by atoms with Gasteiger partial charge < -0.3 is 9.80 Å². The fraction of sp³-hybridized carbons (Fsp3) is 0.300. The topological polar surface area (TPSA) is 40.6 Å². The van der Waals surface area contributed by atoms with E-state index in [1.807, 2.05) is 47.4 Å². The fourth-order valence-electron chi connectivity index (χ4n) is 3.73. The van der Waals surface area contributed by atoms with Gasteiger partial charge in [-0.3, -0.25) is 9.59 Å². The predicted octanol–water partition coefficient (Wildman–Crippen LogP) is 2.88. The van der Waals surface area contributed by atoms with Crippen LogP contribution in [0.4, 0.5) is 5.69 Å². The van der Waals surface area contributed by atoms with Gasteiger partial charge in [0.2, 0.25) is 5.91 Å². The molecule has 0 spiro atoms. The maximum absolute atomic E-state index is 13.1. The Hall–Kier alpha value is -2.62. The molecule has 2 amide bonds. The minimum absolute atomic E-state index is 0.0105. The molecule has 0 bridgehead atoms. The number of fused-ring (bicyclic) bond motifs is 2. The summed E-state index contributed by atoms with van der Waals surface area (Å²) < 4.78 is 0. The van der Waals surface area contributed by atoms with E-state index in [4.69, 9.17) is 0 Å². The van der Waals surface area contributed by atoms with E-state index in [1.54, 1.807) is 4.90 Å². The van der Waals surface area contributed by atoms with Crippen LogP contribution in [-0.2, 0) is 11.2 Å². The molecule has 0 radical (unpaired) electrons. The maximum Gasteiger partial charge on any atom is 0.256 e. The molecule has 24 heavy (non-hydrogen) atoms. The van der Waals surface area contributed by atoms with Crippen LogP contribution in [0.3, 0.4) is 0 Å². The van der Waals surface area contributed by atoms with Crippen LogP contribution in [0.2, 0.25) is 0 Å². The summed E-state index contributed by atoms with van der Waals surface area (Å²) in [6.45, 7) is 1.27. The summed E-state index contributed by atoms with van der Waals surface area (Å²) >= 11 is 0. The Kier molecular flexibility index (Phi) is 3.81. The summed E-state index contributed by atoms with van der Waals surface area (Å²) in [5.41, 5.74) is 2.59. The van der Waals surface area contributed by atoms with E-state index in [0.717, 1.165) is 24.9 Å². The Labute approximate surface area is 141 Å². The number of carbonyl (C=O) groups is 2. The lowest BCUT2D eigenvalue weighted by Gasteiger charge is -2.26. The van der Waals surface area contributed by atoms with Crippen LogP contribution in [0.5, 0.6) is 0 Å². The van der Waals surface area contributed by atoms with Gasteiger partial charge in [-0.1, -0.05) is 42.5 Å². The van der Waals surface area contributed by atoms with E-state index in [9.17, 15) is 9.59 Å². The van der Waals surface area contributed by atoms with E-state index in [1.165, 1.54) is 5.56 Å². The number of rotatable bonds is 3. The second-order valence-electron chi connectivity index (χ2n) is 6.40. The van der Waals surface area contributed by atoms with Crippen LogP contribution in [0.15, 0.2) is 54.6 Å². The average molecular weight is 320 g/mol. The third-order valence-electron chi connectivity index (χ3n) is 4.96. The minimum atomic E-state index is -0.305. The molecule has 4 heteroatoms. The Morgan fingerprint density at radius 2 is 1.71 bits per heavy atom. The van der Waals surface area contributed by atoms with Gasteiger partial charge in [0.25, 0.3) is 5.91 Å². The molecule has 0 aromatic heterocycles. The molecule has 0 N–H and O–H groups in total. The van der Waals surface area contributed by atoms with Crippen molar-refractivity contribution in [3.63, 3.8) is 0 Å². The van der Waals surface area contributed by atoms with Crippen molar-refractivity contribution in [3.8, 4) is 0 Å². The van der Waals surface area contributed by atoms with Gasteiger partial charge in [0.1, 0.15) is 6.04 Å². The van der Waals surface area contributed by atoms with Gasteiger partial charge in [-0.25, -0.2) is 0 Å². The lowest BCUT2D eigenvalue weighted by molar-refractivity contribution is -0.122. The van der Waals surface area contributed by atoms with Crippen LogP contribution < -0.4 is 4.90 Å². The van der Waals surface area contributed by atoms with Gasteiger partial charge in [-0.15, -0.1) is 0 Å². The normalized spacial score (nSPS) is 19.9. The highest BCUT2D eigenvalue weighted by atomic mass is 16.2. The molecule has 122 valence electrons. The average Bonchev–Trinajstić information content (AvgIpc) is 3.09. The lowest BCUT2D eigenvalue weighted by atomic mass is 10.1. The van der Waals surface area contributed by atoms with Gasteiger partial charge in [0.05, 0.1) is 11.3 Å². The lowest BCUT2D eigenvalue weighted by Crippen LogP contribution is -2.45. The molecule has 1 fully saturated rings. The van der Waals surface area contributed by atoms with E-state index < -0.39 is 0 Å². The third kappa shape index (κ3) is 2.48. The van der Waals surface area contributed by atoms with Gasteiger partial charge >= 0.3 is 0 Å². The zero-order chi connectivity index (χ0) is 16.5. The third-order valence-corrected chi connectivity index (χ3v) is 4.96. The molecule has 0 aliphatic carbocycles. The van der Waals surface area contributed by atoms with Gasteiger partial charge in [0.15, 0.2) is 0 Å². The summed E-state index contributed by atoms with van der Waals surface area (Å²) in [6.07, 6.45) is 2.44. The van der Waals surface area contributed by atoms with Gasteiger partial charge in [-0.05, 0) is 37.0 Å². The number of benzene rings is 2. The number of carbonyl (C=O) groups excluding carboxylic acids is 2. The van der Waals surface area contributed by atoms with Gasteiger partial charge in [-0.2, -0.15) is 0 Å².